The topological polar surface area (TPSA) is 66.5 Å². The standard InChI is InChI=1S/C23H30N2O3S/c1-4-22(20-11-10-17-8-6-7-9-19(17)16-20)24-23(26)18-12-14-21(15-13-18)25(5-2)29(3,27)28/h10-16,22H,4-9H2,1-3H3,(H,24,26). The Hall–Kier alpha value is -2.34. The molecule has 2 aromatic rings. The molecule has 1 unspecified atom stereocenters. The predicted molar refractivity (Wildman–Crippen MR) is 118 cm³/mol. The molecule has 0 saturated carbocycles. The van der Waals surface area contributed by atoms with Crippen molar-refractivity contribution in [3.63, 3.8) is 0 Å². The van der Waals surface area contributed by atoms with E-state index in [4.69, 9.17) is 0 Å². The van der Waals surface area contributed by atoms with Gasteiger partial charge in [-0.3, -0.25) is 9.10 Å². The van der Waals surface area contributed by atoms with Gasteiger partial charge in [0.25, 0.3) is 5.91 Å². The molecule has 5 nitrogen and oxygen atoms in total. The van der Waals surface area contributed by atoms with Crippen LogP contribution >= 0.6 is 0 Å². The third kappa shape index (κ3) is 4.99. The predicted octanol–water partition coefficient (Wildman–Crippen LogP) is 4.23. The molecular weight excluding hydrogens is 384 g/mol. The van der Waals surface area contributed by atoms with Gasteiger partial charge in [-0.1, -0.05) is 25.1 Å². The fraction of sp³-hybridized carbons (Fsp3) is 0.435. The fourth-order valence-electron chi connectivity index (χ4n) is 4.02. The average Bonchev–Trinajstić information content (AvgIpc) is 2.71. The van der Waals surface area contributed by atoms with Crippen LogP contribution in [-0.4, -0.2) is 27.1 Å². The van der Waals surface area contributed by atoms with Crippen LogP contribution in [-0.2, 0) is 22.9 Å². The van der Waals surface area contributed by atoms with Gasteiger partial charge in [-0.25, -0.2) is 8.42 Å². The molecule has 0 aliphatic heterocycles. The zero-order chi connectivity index (χ0) is 21.0. The van der Waals surface area contributed by atoms with Crippen molar-refractivity contribution in [1.29, 1.82) is 0 Å². The monoisotopic (exact) mass is 414 g/mol. The third-order valence-corrected chi connectivity index (χ3v) is 6.86. The number of benzene rings is 2. The first kappa shape index (κ1) is 21.4. The molecule has 0 radical (unpaired) electrons. The van der Waals surface area contributed by atoms with Gasteiger partial charge in [-0.15, -0.1) is 0 Å². The molecule has 1 atom stereocenters. The first-order valence-electron chi connectivity index (χ1n) is 10.3. The molecule has 1 N–H and O–H groups in total. The van der Waals surface area contributed by atoms with Gasteiger partial charge in [0.1, 0.15) is 0 Å². The molecule has 0 spiro atoms. The van der Waals surface area contributed by atoms with Crippen LogP contribution in [0.5, 0.6) is 0 Å². The summed E-state index contributed by atoms with van der Waals surface area (Å²) in [5.41, 5.74) is 5.07. The number of carbonyl (C=O) groups excluding carboxylic acids is 1. The Morgan fingerprint density at radius 2 is 1.69 bits per heavy atom. The second kappa shape index (κ2) is 8.99. The van der Waals surface area contributed by atoms with Crippen LogP contribution in [0.1, 0.15) is 66.2 Å². The largest absolute Gasteiger partial charge is 0.345 e. The zero-order valence-electron chi connectivity index (χ0n) is 17.4. The highest BCUT2D eigenvalue weighted by Gasteiger charge is 2.19. The molecule has 1 aliphatic carbocycles. The highest BCUT2D eigenvalue weighted by atomic mass is 32.2. The summed E-state index contributed by atoms with van der Waals surface area (Å²) in [6.45, 7) is 4.20. The van der Waals surface area contributed by atoms with E-state index < -0.39 is 10.0 Å². The molecular formula is C23H30N2O3S. The van der Waals surface area contributed by atoms with Gasteiger partial charge in [0.2, 0.25) is 10.0 Å². The molecule has 1 aliphatic rings. The molecule has 6 heteroatoms. The summed E-state index contributed by atoms with van der Waals surface area (Å²) in [6.07, 6.45) is 6.73. The van der Waals surface area contributed by atoms with E-state index in [1.165, 1.54) is 34.5 Å². The van der Waals surface area contributed by atoms with Gasteiger partial charge < -0.3 is 5.32 Å². The van der Waals surface area contributed by atoms with Gasteiger partial charge in [-0.2, -0.15) is 0 Å². The van der Waals surface area contributed by atoms with E-state index >= 15 is 0 Å². The highest BCUT2D eigenvalue weighted by molar-refractivity contribution is 7.92. The van der Waals surface area contributed by atoms with Crippen molar-refractivity contribution in [2.45, 2.75) is 52.0 Å². The Morgan fingerprint density at radius 1 is 1.03 bits per heavy atom. The number of rotatable bonds is 7. The molecule has 0 heterocycles. The lowest BCUT2D eigenvalue weighted by Gasteiger charge is -2.22. The maximum absolute atomic E-state index is 12.8. The Labute approximate surface area is 174 Å². The van der Waals surface area contributed by atoms with Crippen molar-refractivity contribution in [3.8, 4) is 0 Å². The SMILES string of the molecule is CCC(NC(=O)c1ccc(N(CC)S(C)(=O)=O)cc1)c1ccc2c(c1)CCCC2. The van der Waals surface area contributed by atoms with Crippen molar-refractivity contribution in [1.82, 2.24) is 5.32 Å². The van der Waals surface area contributed by atoms with Crippen molar-refractivity contribution in [2.24, 2.45) is 0 Å². The van der Waals surface area contributed by atoms with E-state index in [-0.39, 0.29) is 11.9 Å². The van der Waals surface area contributed by atoms with Crippen LogP contribution in [0.15, 0.2) is 42.5 Å². The van der Waals surface area contributed by atoms with Crippen LogP contribution < -0.4 is 9.62 Å². The zero-order valence-corrected chi connectivity index (χ0v) is 18.3. The van der Waals surface area contributed by atoms with E-state index in [1.807, 2.05) is 0 Å². The number of nitrogens with zero attached hydrogens (tertiary/aromatic N) is 1. The number of amides is 1. The van der Waals surface area contributed by atoms with Crippen molar-refractivity contribution < 1.29 is 13.2 Å². The first-order chi connectivity index (χ1) is 13.8. The number of hydrogen-bond donors (Lipinski definition) is 1. The number of anilines is 1. The second-order valence-electron chi connectivity index (χ2n) is 7.64. The number of sulfonamides is 1. The first-order valence-corrected chi connectivity index (χ1v) is 12.2. The van der Waals surface area contributed by atoms with Crippen LogP contribution in [0.25, 0.3) is 0 Å². The van der Waals surface area contributed by atoms with Crippen LogP contribution in [0.4, 0.5) is 5.69 Å². The lowest BCUT2D eigenvalue weighted by atomic mass is 9.88. The molecule has 0 bridgehead atoms. The molecule has 29 heavy (non-hydrogen) atoms. The van der Waals surface area contributed by atoms with Crippen molar-refractivity contribution in [2.75, 3.05) is 17.1 Å². The Balaban J connectivity index is 1.74. The number of nitrogens with one attached hydrogen (secondary N) is 1. The normalized spacial score (nSPS) is 14.7. The average molecular weight is 415 g/mol. The maximum Gasteiger partial charge on any atom is 0.251 e. The van der Waals surface area contributed by atoms with Gasteiger partial charge in [-0.05, 0) is 80.0 Å². The fourth-order valence-corrected chi connectivity index (χ4v) is 4.99. The Kier molecular flexibility index (Phi) is 6.63. The summed E-state index contributed by atoms with van der Waals surface area (Å²) in [5, 5.41) is 3.13. The minimum Gasteiger partial charge on any atom is -0.345 e. The Bertz CT molecular complexity index is 968. The number of carbonyl (C=O) groups is 1. The molecule has 3 rings (SSSR count). The third-order valence-electron chi connectivity index (χ3n) is 5.59. The van der Waals surface area contributed by atoms with E-state index in [2.05, 4.69) is 30.4 Å². The van der Waals surface area contributed by atoms with E-state index in [0.717, 1.165) is 24.8 Å². The summed E-state index contributed by atoms with van der Waals surface area (Å²) < 4.78 is 25.1. The summed E-state index contributed by atoms with van der Waals surface area (Å²) in [4.78, 5) is 12.8. The molecule has 1 amide bonds. The second-order valence-corrected chi connectivity index (χ2v) is 9.55. The minimum atomic E-state index is -3.34. The quantitative estimate of drug-likeness (QED) is 0.737. The summed E-state index contributed by atoms with van der Waals surface area (Å²) >= 11 is 0. The van der Waals surface area contributed by atoms with Crippen LogP contribution in [0.3, 0.4) is 0 Å². The molecule has 2 aromatic carbocycles. The van der Waals surface area contributed by atoms with E-state index in [0.29, 0.717) is 17.8 Å². The summed E-state index contributed by atoms with van der Waals surface area (Å²) in [5.74, 6) is -0.150. The van der Waals surface area contributed by atoms with Gasteiger partial charge in [0, 0.05) is 12.1 Å². The minimum absolute atomic E-state index is 0.0439. The van der Waals surface area contributed by atoms with E-state index in [9.17, 15) is 13.2 Å². The van der Waals surface area contributed by atoms with Gasteiger partial charge in [0.05, 0.1) is 18.0 Å². The Morgan fingerprint density at radius 3 is 2.28 bits per heavy atom. The molecule has 0 aromatic heterocycles. The summed E-state index contributed by atoms with van der Waals surface area (Å²) in [7, 11) is -3.34. The number of hydrogen-bond acceptors (Lipinski definition) is 3. The van der Waals surface area contributed by atoms with Gasteiger partial charge in [0.15, 0.2) is 0 Å². The number of fused-ring (bicyclic) bond motifs is 1. The molecule has 0 saturated heterocycles. The molecule has 0 fully saturated rings. The smallest absolute Gasteiger partial charge is 0.251 e. The van der Waals surface area contributed by atoms with Crippen LogP contribution in [0.2, 0.25) is 0 Å². The van der Waals surface area contributed by atoms with Crippen molar-refractivity contribution >= 4 is 21.6 Å². The molecule has 156 valence electrons. The maximum atomic E-state index is 12.8. The number of aryl methyl sites for hydroxylation is 2. The van der Waals surface area contributed by atoms with Crippen molar-refractivity contribution in [3.05, 3.63) is 64.7 Å². The van der Waals surface area contributed by atoms with E-state index in [1.54, 1.807) is 31.2 Å². The lowest BCUT2D eigenvalue weighted by molar-refractivity contribution is 0.0935. The van der Waals surface area contributed by atoms with Crippen LogP contribution in [0, 0.1) is 0 Å². The lowest BCUT2D eigenvalue weighted by Crippen LogP contribution is -2.30. The van der Waals surface area contributed by atoms with Gasteiger partial charge >= 0.3 is 0 Å². The summed E-state index contributed by atoms with van der Waals surface area (Å²) in [6, 6.07) is 13.3. The highest BCUT2D eigenvalue weighted by Crippen LogP contribution is 2.26.